The molecule has 0 amide bonds. The number of piperazine rings is 1. The van der Waals surface area contributed by atoms with E-state index in [-0.39, 0.29) is 5.54 Å². The van der Waals surface area contributed by atoms with Gasteiger partial charge in [-0.2, -0.15) is 0 Å². The summed E-state index contributed by atoms with van der Waals surface area (Å²) in [6, 6.07) is 11.6. The summed E-state index contributed by atoms with van der Waals surface area (Å²) < 4.78 is 5.68. The second-order valence-corrected chi connectivity index (χ2v) is 9.75. The fourth-order valence-corrected chi connectivity index (χ4v) is 4.93. The summed E-state index contributed by atoms with van der Waals surface area (Å²) in [5.41, 5.74) is 5.81. The van der Waals surface area contributed by atoms with E-state index in [2.05, 4.69) is 79.7 Å². The molecule has 4 nitrogen and oxygen atoms in total. The van der Waals surface area contributed by atoms with Crippen molar-refractivity contribution in [1.29, 1.82) is 0 Å². The fourth-order valence-electron chi connectivity index (χ4n) is 4.93. The van der Waals surface area contributed by atoms with Crippen LogP contribution in [-0.2, 0) is 13.0 Å². The molecule has 156 valence electrons. The second kappa shape index (κ2) is 8.08. The van der Waals surface area contributed by atoms with Crippen LogP contribution in [0.25, 0.3) is 0 Å². The number of ether oxygens (including phenoxy) is 1. The molecule has 2 aliphatic rings. The Balaban J connectivity index is 1.62. The molecule has 4 rings (SSSR count). The van der Waals surface area contributed by atoms with Crippen LogP contribution in [0.5, 0.6) is 5.88 Å². The van der Waals surface area contributed by atoms with Crippen LogP contribution < -0.4 is 4.74 Å². The van der Waals surface area contributed by atoms with Crippen LogP contribution in [0.3, 0.4) is 0 Å². The van der Waals surface area contributed by atoms with Crippen molar-refractivity contribution >= 4 is 0 Å². The molecule has 3 heterocycles. The van der Waals surface area contributed by atoms with Gasteiger partial charge in [0.25, 0.3) is 0 Å². The lowest BCUT2D eigenvalue weighted by molar-refractivity contribution is 0.00547. The lowest BCUT2D eigenvalue weighted by Gasteiger charge is -2.49. The minimum atomic E-state index is 0.145. The Bertz CT molecular complexity index is 855. The zero-order chi connectivity index (χ0) is 20.6. The third-order valence-corrected chi connectivity index (χ3v) is 6.40. The van der Waals surface area contributed by atoms with E-state index >= 15 is 0 Å². The van der Waals surface area contributed by atoms with Gasteiger partial charge in [0, 0.05) is 55.9 Å². The van der Waals surface area contributed by atoms with E-state index in [1.807, 2.05) is 6.20 Å². The molecule has 1 unspecified atom stereocenters. The van der Waals surface area contributed by atoms with E-state index in [1.165, 1.54) is 22.3 Å². The highest BCUT2D eigenvalue weighted by Gasteiger charge is 2.36. The molecule has 0 radical (unpaired) electrons. The van der Waals surface area contributed by atoms with Gasteiger partial charge in [-0.15, -0.1) is 0 Å². The maximum absolute atomic E-state index is 5.68. The molecule has 2 aromatic rings. The number of benzene rings is 1. The van der Waals surface area contributed by atoms with Crippen LogP contribution in [-0.4, -0.2) is 46.6 Å². The third-order valence-electron chi connectivity index (χ3n) is 6.40. The standard InChI is InChI=1S/C25H35N3O/c1-18(2)20-8-6-7-9-22(20)23-17-27(13-14-28(23)25(3,4)5)16-19-10-12-26-24-21(19)11-15-29-24/h6-10,12,18,23H,11,13-17H2,1-5H3. The van der Waals surface area contributed by atoms with Crippen molar-refractivity contribution in [2.75, 3.05) is 26.2 Å². The molecule has 29 heavy (non-hydrogen) atoms. The van der Waals surface area contributed by atoms with Gasteiger partial charge in [-0.3, -0.25) is 9.80 Å². The highest BCUT2D eigenvalue weighted by atomic mass is 16.5. The van der Waals surface area contributed by atoms with E-state index in [9.17, 15) is 0 Å². The second-order valence-electron chi connectivity index (χ2n) is 9.75. The molecule has 1 saturated heterocycles. The first-order chi connectivity index (χ1) is 13.8. The highest BCUT2D eigenvalue weighted by Crippen LogP contribution is 2.36. The van der Waals surface area contributed by atoms with Crippen molar-refractivity contribution in [3.8, 4) is 5.88 Å². The van der Waals surface area contributed by atoms with Crippen molar-refractivity contribution in [2.24, 2.45) is 0 Å². The normalized spacial score (nSPS) is 20.7. The lowest BCUT2D eigenvalue weighted by atomic mass is 9.88. The number of hydrogen-bond donors (Lipinski definition) is 0. The van der Waals surface area contributed by atoms with Crippen LogP contribution in [0.1, 0.15) is 68.8 Å². The molecule has 0 saturated carbocycles. The van der Waals surface area contributed by atoms with E-state index in [1.54, 1.807) is 0 Å². The van der Waals surface area contributed by atoms with Crippen LogP contribution in [0, 0.1) is 0 Å². The van der Waals surface area contributed by atoms with Crippen molar-refractivity contribution < 1.29 is 4.74 Å². The average Bonchev–Trinajstić information content (AvgIpc) is 3.17. The first kappa shape index (κ1) is 20.4. The predicted molar refractivity (Wildman–Crippen MR) is 118 cm³/mol. The Morgan fingerprint density at radius 3 is 2.69 bits per heavy atom. The monoisotopic (exact) mass is 393 g/mol. The van der Waals surface area contributed by atoms with Gasteiger partial charge < -0.3 is 4.74 Å². The highest BCUT2D eigenvalue weighted by molar-refractivity contribution is 5.37. The van der Waals surface area contributed by atoms with Crippen LogP contribution in [0.15, 0.2) is 36.5 Å². The zero-order valence-electron chi connectivity index (χ0n) is 18.6. The van der Waals surface area contributed by atoms with Crippen LogP contribution >= 0.6 is 0 Å². The SMILES string of the molecule is CC(C)c1ccccc1C1CN(Cc2ccnc3c2CCO3)CCN1C(C)(C)C. The van der Waals surface area contributed by atoms with Gasteiger partial charge in [-0.05, 0) is 49.4 Å². The molecule has 1 atom stereocenters. The number of hydrogen-bond acceptors (Lipinski definition) is 4. The number of aromatic nitrogens is 1. The lowest BCUT2D eigenvalue weighted by Crippen LogP contribution is -2.55. The molecule has 0 bridgehead atoms. The summed E-state index contributed by atoms with van der Waals surface area (Å²) in [5.74, 6) is 1.38. The summed E-state index contributed by atoms with van der Waals surface area (Å²) in [6.45, 7) is 16.6. The number of nitrogens with zero attached hydrogens (tertiary/aromatic N) is 3. The minimum absolute atomic E-state index is 0.145. The molecular formula is C25H35N3O. The van der Waals surface area contributed by atoms with Gasteiger partial charge in [0.2, 0.25) is 5.88 Å². The van der Waals surface area contributed by atoms with Crippen LogP contribution in [0.2, 0.25) is 0 Å². The first-order valence-corrected chi connectivity index (χ1v) is 11.0. The van der Waals surface area contributed by atoms with Gasteiger partial charge in [0.05, 0.1) is 6.61 Å². The zero-order valence-corrected chi connectivity index (χ0v) is 18.6. The largest absolute Gasteiger partial charge is 0.477 e. The number of fused-ring (bicyclic) bond motifs is 1. The Hall–Kier alpha value is -1.91. The number of pyridine rings is 1. The molecule has 0 aliphatic carbocycles. The van der Waals surface area contributed by atoms with E-state index in [4.69, 9.17) is 4.74 Å². The van der Waals surface area contributed by atoms with Crippen molar-refractivity contribution in [1.82, 2.24) is 14.8 Å². The Kier molecular flexibility index (Phi) is 5.67. The molecule has 1 fully saturated rings. The molecule has 1 aromatic heterocycles. The van der Waals surface area contributed by atoms with Crippen molar-refractivity contribution in [3.63, 3.8) is 0 Å². The summed E-state index contributed by atoms with van der Waals surface area (Å²) >= 11 is 0. The van der Waals surface area contributed by atoms with E-state index in [0.29, 0.717) is 12.0 Å². The Labute approximate surface area is 175 Å². The van der Waals surface area contributed by atoms with Gasteiger partial charge >= 0.3 is 0 Å². The molecule has 2 aliphatic heterocycles. The first-order valence-electron chi connectivity index (χ1n) is 11.0. The maximum Gasteiger partial charge on any atom is 0.216 e. The summed E-state index contributed by atoms with van der Waals surface area (Å²) in [5, 5.41) is 0. The summed E-state index contributed by atoms with van der Waals surface area (Å²) in [6.07, 6.45) is 2.89. The summed E-state index contributed by atoms with van der Waals surface area (Å²) in [4.78, 5) is 9.72. The van der Waals surface area contributed by atoms with Crippen molar-refractivity contribution in [3.05, 3.63) is 58.8 Å². The molecule has 0 N–H and O–H groups in total. The topological polar surface area (TPSA) is 28.6 Å². The van der Waals surface area contributed by atoms with Gasteiger partial charge in [0.15, 0.2) is 0 Å². The van der Waals surface area contributed by atoms with Gasteiger partial charge in [0.1, 0.15) is 0 Å². The van der Waals surface area contributed by atoms with Gasteiger partial charge in [-0.1, -0.05) is 38.1 Å². The molecule has 1 aromatic carbocycles. The molecule has 4 heteroatoms. The quantitative estimate of drug-likeness (QED) is 0.746. The average molecular weight is 394 g/mol. The Morgan fingerprint density at radius 1 is 1.14 bits per heavy atom. The molecule has 0 spiro atoms. The van der Waals surface area contributed by atoms with Crippen molar-refractivity contribution in [2.45, 2.75) is 65.1 Å². The van der Waals surface area contributed by atoms with Gasteiger partial charge in [-0.25, -0.2) is 4.98 Å². The van der Waals surface area contributed by atoms with Crippen LogP contribution in [0.4, 0.5) is 0 Å². The summed E-state index contributed by atoms with van der Waals surface area (Å²) in [7, 11) is 0. The third kappa shape index (κ3) is 4.19. The van der Waals surface area contributed by atoms with E-state index in [0.717, 1.165) is 45.1 Å². The number of rotatable bonds is 4. The maximum atomic E-state index is 5.68. The molecular weight excluding hydrogens is 358 g/mol. The fraction of sp³-hybridized carbons (Fsp3) is 0.560. The Morgan fingerprint density at radius 2 is 1.93 bits per heavy atom. The minimum Gasteiger partial charge on any atom is -0.477 e. The van der Waals surface area contributed by atoms with E-state index < -0.39 is 0 Å². The smallest absolute Gasteiger partial charge is 0.216 e. The predicted octanol–water partition coefficient (Wildman–Crippen LogP) is 4.80.